The Bertz CT molecular complexity index is 412. The zero-order valence-electron chi connectivity index (χ0n) is 9.75. The van der Waals surface area contributed by atoms with Crippen molar-refractivity contribution in [1.29, 1.82) is 0 Å². The maximum Gasteiger partial charge on any atom is 0.141 e. The lowest BCUT2D eigenvalue weighted by molar-refractivity contribution is 0.0297. The highest BCUT2D eigenvalue weighted by Crippen LogP contribution is 2.36. The Labute approximate surface area is 110 Å². The molecule has 1 aromatic rings. The van der Waals surface area contributed by atoms with E-state index in [1.165, 1.54) is 6.07 Å². The van der Waals surface area contributed by atoms with Crippen LogP contribution in [0.3, 0.4) is 0 Å². The summed E-state index contributed by atoms with van der Waals surface area (Å²) in [4.78, 5) is 0. The van der Waals surface area contributed by atoms with Gasteiger partial charge in [0.1, 0.15) is 5.82 Å². The summed E-state index contributed by atoms with van der Waals surface area (Å²) < 4.78 is 13.1. The smallest absolute Gasteiger partial charge is 0.141 e. The van der Waals surface area contributed by atoms with Crippen molar-refractivity contribution in [3.05, 3.63) is 34.6 Å². The molecule has 1 saturated heterocycles. The third-order valence-electron chi connectivity index (χ3n) is 3.37. The van der Waals surface area contributed by atoms with E-state index in [2.05, 4.69) is 6.92 Å². The van der Waals surface area contributed by atoms with Crippen LogP contribution in [-0.4, -0.2) is 21.7 Å². The first-order valence-corrected chi connectivity index (χ1v) is 7.22. The molecule has 0 amide bonds. The molecule has 2 unspecified atom stereocenters. The maximum absolute atomic E-state index is 13.1. The van der Waals surface area contributed by atoms with Crippen LogP contribution in [0.1, 0.15) is 25.3 Å². The van der Waals surface area contributed by atoms with Crippen molar-refractivity contribution < 1.29 is 9.50 Å². The molecule has 1 aliphatic rings. The molecule has 4 heteroatoms. The quantitative estimate of drug-likeness (QED) is 0.888. The van der Waals surface area contributed by atoms with E-state index in [9.17, 15) is 9.50 Å². The molecule has 0 aromatic heterocycles. The van der Waals surface area contributed by atoms with Gasteiger partial charge in [0.2, 0.25) is 0 Å². The topological polar surface area (TPSA) is 20.2 Å². The second-order valence-corrected chi connectivity index (χ2v) is 6.50. The first kappa shape index (κ1) is 13.2. The Morgan fingerprint density at radius 3 is 3.00 bits per heavy atom. The van der Waals surface area contributed by atoms with E-state index in [0.29, 0.717) is 6.42 Å². The summed E-state index contributed by atoms with van der Waals surface area (Å²) in [5.41, 5.74) is 0.206. The largest absolute Gasteiger partial charge is 0.388 e. The predicted molar refractivity (Wildman–Crippen MR) is 71.2 cm³/mol. The molecular formula is C13H16ClFOS. The Balaban J connectivity index is 2.16. The summed E-state index contributed by atoms with van der Waals surface area (Å²) in [5, 5.41) is 10.9. The summed E-state index contributed by atoms with van der Waals surface area (Å²) >= 11 is 7.55. The lowest BCUT2D eigenvalue weighted by Crippen LogP contribution is -2.43. The summed E-state index contributed by atoms with van der Waals surface area (Å²) in [6, 6.07) is 4.67. The first-order chi connectivity index (χ1) is 8.01. The van der Waals surface area contributed by atoms with Gasteiger partial charge in [0.05, 0.1) is 10.6 Å². The van der Waals surface area contributed by atoms with Gasteiger partial charge in [0.25, 0.3) is 0 Å². The summed E-state index contributed by atoms with van der Waals surface area (Å²) in [5.74, 6) is 0.696. The lowest BCUT2D eigenvalue weighted by atomic mass is 9.87. The second kappa shape index (κ2) is 5.17. The molecule has 1 aliphatic heterocycles. The number of aliphatic hydroxyl groups is 1. The molecule has 0 bridgehead atoms. The van der Waals surface area contributed by atoms with Crippen LogP contribution >= 0.6 is 23.4 Å². The zero-order valence-corrected chi connectivity index (χ0v) is 11.3. The van der Waals surface area contributed by atoms with E-state index in [4.69, 9.17) is 11.6 Å². The average Bonchev–Trinajstić information content (AvgIpc) is 2.28. The second-order valence-electron chi connectivity index (χ2n) is 4.65. The molecule has 1 N–H and O–H groups in total. The SMILES string of the molecule is CC1SCCCC1(O)Cc1ccc(F)c(Cl)c1. The van der Waals surface area contributed by atoms with Crippen molar-refractivity contribution in [2.24, 2.45) is 0 Å². The molecule has 1 fully saturated rings. The van der Waals surface area contributed by atoms with Gasteiger partial charge in [-0.3, -0.25) is 0 Å². The fraction of sp³-hybridized carbons (Fsp3) is 0.538. The Morgan fingerprint density at radius 1 is 1.59 bits per heavy atom. The van der Waals surface area contributed by atoms with Crippen LogP contribution in [0.5, 0.6) is 0 Å². The van der Waals surface area contributed by atoms with Gasteiger partial charge in [-0.15, -0.1) is 0 Å². The van der Waals surface area contributed by atoms with Crippen LogP contribution in [-0.2, 0) is 6.42 Å². The lowest BCUT2D eigenvalue weighted by Gasteiger charge is -2.37. The van der Waals surface area contributed by atoms with Crippen molar-refractivity contribution in [1.82, 2.24) is 0 Å². The van der Waals surface area contributed by atoms with E-state index in [1.54, 1.807) is 23.9 Å². The van der Waals surface area contributed by atoms with Crippen molar-refractivity contribution in [2.75, 3.05) is 5.75 Å². The van der Waals surface area contributed by atoms with Crippen LogP contribution in [0.15, 0.2) is 18.2 Å². The van der Waals surface area contributed by atoms with Gasteiger partial charge in [0.15, 0.2) is 0 Å². The predicted octanol–water partition coefficient (Wildman–Crippen LogP) is 3.67. The average molecular weight is 275 g/mol. The van der Waals surface area contributed by atoms with E-state index < -0.39 is 11.4 Å². The number of hydrogen-bond acceptors (Lipinski definition) is 2. The molecule has 17 heavy (non-hydrogen) atoms. The van der Waals surface area contributed by atoms with Gasteiger partial charge in [-0.1, -0.05) is 24.6 Å². The Morgan fingerprint density at radius 2 is 2.35 bits per heavy atom. The molecule has 2 rings (SSSR count). The molecule has 0 spiro atoms. The van der Waals surface area contributed by atoms with E-state index in [-0.39, 0.29) is 10.3 Å². The van der Waals surface area contributed by atoms with Crippen molar-refractivity contribution in [3.63, 3.8) is 0 Å². The minimum atomic E-state index is -0.690. The minimum absolute atomic E-state index is 0.127. The van der Waals surface area contributed by atoms with Gasteiger partial charge in [0, 0.05) is 11.7 Å². The Hall–Kier alpha value is -0.250. The molecule has 2 atom stereocenters. The normalized spacial score (nSPS) is 29.3. The molecule has 1 nitrogen and oxygen atoms in total. The van der Waals surface area contributed by atoms with E-state index in [0.717, 1.165) is 24.2 Å². The Kier molecular flexibility index (Phi) is 4.01. The van der Waals surface area contributed by atoms with Gasteiger partial charge in [-0.05, 0) is 36.3 Å². The fourth-order valence-corrected chi connectivity index (χ4v) is 3.61. The van der Waals surface area contributed by atoms with Gasteiger partial charge < -0.3 is 5.11 Å². The van der Waals surface area contributed by atoms with Gasteiger partial charge >= 0.3 is 0 Å². The van der Waals surface area contributed by atoms with Crippen LogP contribution in [0.2, 0.25) is 5.02 Å². The zero-order chi connectivity index (χ0) is 12.5. The van der Waals surface area contributed by atoms with Crippen molar-refractivity contribution >= 4 is 23.4 Å². The number of thioether (sulfide) groups is 1. The van der Waals surface area contributed by atoms with Crippen LogP contribution in [0, 0.1) is 5.82 Å². The fourth-order valence-electron chi connectivity index (χ4n) is 2.23. The first-order valence-electron chi connectivity index (χ1n) is 5.79. The van der Waals surface area contributed by atoms with Crippen LogP contribution < -0.4 is 0 Å². The minimum Gasteiger partial charge on any atom is -0.388 e. The molecule has 94 valence electrons. The molecule has 0 radical (unpaired) electrons. The standard InChI is InChI=1S/C13H16ClFOS/c1-9-13(16,5-2-6-17-9)8-10-3-4-12(15)11(14)7-10/h3-4,7,9,16H,2,5-6,8H2,1H3. The van der Waals surface area contributed by atoms with Crippen LogP contribution in [0.25, 0.3) is 0 Å². The van der Waals surface area contributed by atoms with Crippen LogP contribution in [0.4, 0.5) is 4.39 Å². The van der Waals surface area contributed by atoms with Crippen molar-refractivity contribution in [3.8, 4) is 0 Å². The molecule has 0 aliphatic carbocycles. The highest BCUT2D eigenvalue weighted by atomic mass is 35.5. The van der Waals surface area contributed by atoms with Gasteiger partial charge in [-0.2, -0.15) is 11.8 Å². The summed E-state index contributed by atoms with van der Waals surface area (Å²) in [6.07, 6.45) is 2.37. The van der Waals surface area contributed by atoms with E-state index in [1.807, 2.05) is 0 Å². The number of benzene rings is 1. The molecule has 1 aromatic carbocycles. The van der Waals surface area contributed by atoms with E-state index >= 15 is 0 Å². The van der Waals surface area contributed by atoms with Gasteiger partial charge in [-0.25, -0.2) is 4.39 Å². The third-order valence-corrected chi connectivity index (χ3v) is 5.13. The molecular weight excluding hydrogens is 259 g/mol. The maximum atomic E-state index is 13.1. The molecule has 0 saturated carbocycles. The molecule has 1 heterocycles. The third kappa shape index (κ3) is 2.95. The monoisotopic (exact) mass is 274 g/mol. The van der Waals surface area contributed by atoms with Crippen molar-refractivity contribution in [2.45, 2.75) is 37.0 Å². The summed E-state index contributed by atoms with van der Waals surface area (Å²) in [6.45, 7) is 2.05. The number of rotatable bonds is 2. The summed E-state index contributed by atoms with van der Waals surface area (Å²) in [7, 11) is 0. The highest BCUT2D eigenvalue weighted by molar-refractivity contribution is 8.00. The number of hydrogen-bond donors (Lipinski definition) is 1. The number of halogens is 2. The highest BCUT2D eigenvalue weighted by Gasteiger charge is 2.36.